The number of hydrogen-bond acceptors (Lipinski definition) is 2. The first-order valence-corrected chi connectivity index (χ1v) is 5.88. The molecule has 0 radical (unpaired) electrons. The second kappa shape index (κ2) is 3.81. The lowest BCUT2D eigenvalue weighted by molar-refractivity contribution is 0.626. The van der Waals surface area contributed by atoms with Crippen molar-refractivity contribution >= 4 is 33.4 Å². The molecule has 4 nitrogen and oxygen atoms in total. The van der Waals surface area contributed by atoms with Crippen molar-refractivity contribution in [1.29, 1.82) is 0 Å². The molecule has 0 saturated heterocycles. The fourth-order valence-electron chi connectivity index (χ4n) is 2.08. The van der Waals surface area contributed by atoms with E-state index in [2.05, 4.69) is 10.1 Å². The van der Waals surface area contributed by atoms with E-state index in [0.717, 1.165) is 0 Å². The lowest BCUT2D eigenvalue weighted by Gasteiger charge is -2.03. The van der Waals surface area contributed by atoms with Crippen LogP contribution < -0.4 is 5.56 Å². The zero-order valence-electron chi connectivity index (χ0n) is 9.50. The first-order valence-electron chi connectivity index (χ1n) is 5.34. The molecule has 1 aromatic carbocycles. The summed E-state index contributed by atoms with van der Waals surface area (Å²) in [6.45, 7) is 0. The van der Waals surface area contributed by atoms with E-state index >= 15 is 0 Å². The van der Waals surface area contributed by atoms with E-state index in [4.69, 9.17) is 11.6 Å². The van der Waals surface area contributed by atoms with Crippen LogP contribution in [0.25, 0.3) is 21.8 Å². The number of rotatable bonds is 1. The van der Waals surface area contributed by atoms with Crippen LogP contribution in [0.1, 0.15) is 5.56 Å². The van der Waals surface area contributed by atoms with Gasteiger partial charge >= 0.3 is 0 Å². The summed E-state index contributed by atoms with van der Waals surface area (Å²) in [5.41, 5.74) is 0.659. The minimum absolute atomic E-state index is 0.0596. The fraction of sp³-hybridized carbons (Fsp3) is 0.167. The summed E-state index contributed by atoms with van der Waals surface area (Å²) < 4.78 is 15.6. The molecule has 0 atom stereocenters. The van der Waals surface area contributed by atoms with Crippen LogP contribution in [0.4, 0.5) is 4.39 Å². The Kier molecular flexibility index (Phi) is 2.38. The summed E-state index contributed by atoms with van der Waals surface area (Å²) in [6.07, 6.45) is 1.61. The largest absolute Gasteiger partial charge is 0.319 e. The molecule has 0 aliphatic heterocycles. The number of hydrogen-bond donors (Lipinski definition) is 1. The predicted molar refractivity (Wildman–Crippen MR) is 68.4 cm³/mol. The predicted octanol–water partition coefficient (Wildman–Crippen LogP) is 2.29. The first-order chi connectivity index (χ1) is 8.61. The minimum atomic E-state index is -0.493. The van der Waals surface area contributed by atoms with Gasteiger partial charge in [0, 0.05) is 24.2 Å². The van der Waals surface area contributed by atoms with Gasteiger partial charge in [0.05, 0.1) is 16.8 Å². The number of nitrogens with zero attached hydrogens (tertiary/aromatic N) is 2. The van der Waals surface area contributed by atoms with E-state index in [0.29, 0.717) is 21.9 Å². The Morgan fingerprint density at radius 3 is 2.94 bits per heavy atom. The third kappa shape index (κ3) is 1.44. The average molecular weight is 266 g/mol. The summed E-state index contributed by atoms with van der Waals surface area (Å²) in [5.74, 6) is -0.434. The van der Waals surface area contributed by atoms with Crippen molar-refractivity contribution in [2.45, 2.75) is 5.88 Å². The van der Waals surface area contributed by atoms with Gasteiger partial charge < -0.3 is 4.98 Å². The molecule has 3 aromatic rings. The molecule has 2 heterocycles. The number of pyridine rings is 1. The topological polar surface area (TPSA) is 50.7 Å². The van der Waals surface area contributed by atoms with Gasteiger partial charge in [-0.05, 0) is 0 Å². The summed E-state index contributed by atoms with van der Waals surface area (Å²) >= 11 is 5.64. The molecule has 3 rings (SSSR count). The summed E-state index contributed by atoms with van der Waals surface area (Å²) in [6, 6.07) is 3.33. The van der Waals surface area contributed by atoms with Crippen LogP contribution in [0.5, 0.6) is 0 Å². The highest BCUT2D eigenvalue weighted by Crippen LogP contribution is 2.24. The van der Waals surface area contributed by atoms with Gasteiger partial charge in [0.1, 0.15) is 5.52 Å². The Hall–Kier alpha value is -1.88. The second-order valence-electron chi connectivity index (χ2n) is 4.11. The van der Waals surface area contributed by atoms with Crippen LogP contribution in [0.3, 0.4) is 0 Å². The van der Waals surface area contributed by atoms with E-state index in [-0.39, 0.29) is 17.0 Å². The summed E-state index contributed by atoms with van der Waals surface area (Å²) in [5, 5.41) is 5.22. The van der Waals surface area contributed by atoms with E-state index in [9.17, 15) is 9.18 Å². The van der Waals surface area contributed by atoms with E-state index in [1.54, 1.807) is 25.4 Å². The normalized spacial score (nSPS) is 11.5. The Morgan fingerprint density at radius 1 is 1.44 bits per heavy atom. The number of fused-ring (bicyclic) bond motifs is 3. The Morgan fingerprint density at radius 2 is 2.22 bits per heavy atom. The number of alkyl halides is 1. The molecular formula is C12H9ClFN3O. The molecule has 0 amide bonds. The molecule has 0 fully saturated rings. The van der Waals surface area contributed by atoms with Crippen molar-refractivity contribution in [2.75, 3.05) is 0 Å². The quantitative estimate of drug-likeness (QED) is 0.687. The maximum absolute atomic E-state index is 14.1. The van der Waals surface area contributed by atoms with Gasteiger partial charge in [-0.1, -0.05) is 12.1 Å². The first kappa shape index (κ1) is 11.2. The molecule has 0 bridgehead atoms. The van der Waals surface area contributed by atoms with Crippen LogP contribution in [-0.4, -0.2) is 14.8 Å². The number of aryl methyl sites for hydroxylation is 1. The zero-order valence-corrected chi connectivity index (χ0v) is 10.3. The van der Waals surface area contributed by atoms with Crippen molar-refractivity contribution < 1.29 is 4.39 Å². The lowest BCUT2D eigenvalue weighted by atomic mass is 10.1. The molecule has 0 spiro atoms. The van der Waals surface area contributed by atoms with Crippen molar-refractivity contribution in [3.8, 4) is 0 Å². The Labute approximate surface area is 106 Å². The Bertz CT molecular complexity index is 821. The maximum Gasteiger partial charge on any atom is 0.259 e. The van der Waals surface area contributed by atoms with Crippen LogP contribution in [0.2, 0.25) is 0 Å². The van der Waals surface area contributed by atoms with Gasteiger partial charge in [-0.3, -0.25) is 9.48 Å². The third-order valence-corrected chi connectivity index (χ3v) is 3.22. The number of aromatic nitrogens is 3. The highest BCUT2D eigenvalue weighted by Gasteiger charge is 2.13. The molecule has 0 aliphatic carbocycles. The third-order valence-electron chi connectivity index (χ3n) is 2.93. The second-order valence-corrected chi connectivity index (χ2v) is 4.38. The van der Waals surface area contributed by atoms with E-state index < -0.39 is 5.82 Å². The minimum Gasteiger partial charge on any atom is -0.319 e. The van der Waals surface area contributed by atoms with Crippen LogP contribution in [0, 0.1) is 5.82 Å². The number of halogens is 2. The molecule has 0 unspecified atom stereocenters. The van der Waals surface area contributed by atoms with Gasteiger partial charge in [0.15, 0.2) is 5.82 Å². The van der Waals surface area contributed by atoms with Crippen LogP contribution >= 0.6 is 11.6 Å². The highest BCUT2D eigenvalue weighted by molar-refractivity contribution is 6.17. The lowest BCUT2D eigenvalue weighted by Crippen LogP contribution is -2.07. The molecule has 92 valence electrons. The number of nitrogens with one attached hydrogen (secondary N) is 1. The molecule has 1 N–H and O–H groups in total. The number of aromatic amines is 1. The smallest absolute Gasteiger partial charge is 0.259 e. The van der Waals surface area contributed by atoms with Gasteiger partial charge in [-0.25, -0.2) is 4.39 Å². The SMILES string of the molecule is Cn1cc2c(=O)[nH]c3c(F)c(CCl)ccc3c2n1. The summed E-state index contributed by atoms with van der Waals surface area (Å²) in [4.78, 5) is 14.4. The van der Waals surface area contributed by atoms with Crippen molar-refractivity contribution in [3.05, 3.63) is 40.1 Å². The summed E-state index contributed by atoms with van der Waals surface area (Å²) in [7, 11) is 1.72. The van der Waals surface area contributed by atoms with Crippen LogP contribution in [0.15, 0.2) is 23.1 Å². The van der Waals surface area contributed by atoms with Crippen molar-refractivity contribution in [1.82, 2.24) is 14.8 Å². The monoisotopic (exact) mass is 265 g/mol. The fourth-order valence-corrected chi connectivity index (χ4v) is 2.28. The van der Waals surface area contributed by atoms with E-state index in [1.165, 1.54) is 4.68 Å². The molecule has 18 heavy (non-hydrogen) atoms. The standard InChI is InChI=1S/C12H9ClFN3O/c1-17-5-8-10(16-17)7-3-2-6(4-13)9(14)11(7)15-12(8)18/h2-3,5H,4H2,1H3,(H,15,18). The number of H-pyrrole nitrogens is 1. The zero-order chi connectivity index (χ0) is 12.9. The van der Waals surface area contributed by atoms with Crippen LogP contribution in [-0.2, 0) is 12.9 Å². The van der Waals surface area contributed by atoms with Gasteiger partial charge in [0.2, 0.25) is 0 Å². The molecule has 6 heteroatoms. The average Bonchev–Trinajstić information content (AvgIpc) is 2.73. The van der Waals surface area contributed by atoms with Gasteiger partial charge in [-0.15, -0.1) is 11.6 Å². The number of benzene rings is 1. The van der Waals surface area contributed by atoms with Crippen molar-refractivity contribution in [3.63, 3.8) is 0 Å². The molecular weight excluding hydrogens is 257 g/mol. The Balaban J connectivity index is 2.57. The van der Waals surface area contributed by atoms with E-state index in [1.807, 2.05) is 0 Å². The molecule has 0 saturated carbocycles. The van der Waals surface area contributed by atoms with Crippen molar-refractivity contribution in [2.24, 2.45) is 7.05 Å². The molecule has 0 aliphatic rings. The highest BCUT2D eigenvalue weighted by atomic mass is 35.5. The maximum atomic E-state index is 14.1. The van der Waals surface area contributed by atoms with Gasteiger partial charge in [-0.2, -0.15) is 5.10 Å². The van der Waals surface area contributed by atoms with Gasteiger partial charge in [0.25, 0.3) is 5.56 Å². The molecule has 2 aromatic heterocycles.